The SMILES string of the molecule is N.N.N.O=P(O)(O)O.OP(O)O. The van der Waals surface area contributed by atoms with Crippen LogP contribution < -0.4 is 18.5 Å². The molecule has 0 aromatic heterocycles. The summed E-state index contributed by atoms with van der Waals surface area (Å²) in [5.74, 6) is 0. The van der Waals surface area contributed by atoms with Crippen LogP contribution in [0.25, 0.3) is 0 Å². The Morgan fingerprint density at radius 3 is 0.833 bits per heavy atom. The third kappa shape index (κ3) is 9900. The average Bonchev–Trinajstić information content (AvgIpc) is 1.19. The van der Waals surface area contributed by atoms with Crippen LogP contribution in [0.3, 0.4) is 0 Å². The van der Waals surface area contributed by atoms with Crippen LogP contribution in [0.4, 0.5) is 0 Å². The second-order valence-electron chi connectivity index (χ2n) is 0.782. The lowest BCUT2D eigenvalue weighted by atomic mass is 14.0. The van der Waals surface area contributed by atoms with Crippen LogP contribution in [-0.4, -0.2) is 29.4 Å². The third-order valence-corrected chi connectivity index (χ3v) is 0. The number of phosphoric acid groups is 1. The average molecular weight is 231 g/mol. The molecule has 0 aromatic carbocycles. The topological polar surface area (TPSA) is 243 Å². The van der Waals surface area contributed by atoms with Crippen molar-refractivity contribution in [1.29, 1.82) is 0 Å². The van der Waals surface area contributed by atoms with Crippen molar-refractivity contribution in [2.75, 3.05) is 0 Å². The second kappa shape index (κ2) is 13.9. The van der Waals surface area contributed by atoms with Gasteiger partial charge in [-0.25, -0.2) is 4.57 Å². The molecule has 0 aliphatic heterocycles. The normalized spacial score (nSPS) is 7.92. The highest BCUT2D eigenvalue weighted by atomic mass is 31.2. The molecule has 0 aliphatic carbocycles. The molecular weight excluding hydrogens is 216 g/mol. The van der Waals surface area contributed by atoms with Crippen LogP contribution in [0, 0.1) is 0 Å². The van der Waals surface area contributed by atoms with Crippen molar-refractivity contribution in [3.05, 3.63) is 0 Å². The third-order valence-electron chi connectivity index (χ3n) is 0. The van der Waals surface area contributed by atoms with Gasteiger partial charge in [-0.3, -0.25) is 0 Å². The fourth-order valence-corrected chi connectivity index (χ4v) is 0. The summed E-state index contributed by atoms with van der Waals surface area (Å²) in [4.78, 5) is 43.3. The van der Waals surface area contributed by atoms with E-state index in [1.807, 2.05) is 0 Å². The monoisotopic (exact) mass is 231 g/mol. The zero-order valence-electron chi connectivity index (χ0n) is 6.11. The van der Waals surface area contributed by atoms with Crippen molar-refractivity contribution < 1.29 is 33.9 Å². The van der Waals surface area contributed by atoms with Crippen molar-refractivity contribution in [3.63, 3.8) is 0 Å². The molecule has 0 fully saturated rings. The predicted octanol–water partition coefficient (Wildman–Crippen LogP) is -1.25. The van der Waals surface area contributed by atoms with Crippen LogP contribution in [0.15, 0.2) is 0 Å². The lowest BCUT2D eigenvalue weighted by Gasteiger charge is -1.82. The van der Waals surface area contributed by atoms with Gasteiger partial charge in [0.25, 0.3) is 0 Å². The van der Waals surface area contributed by atoms with Gasteiger partial charge in [-0.2, -0.15) is 0 Å². The minimum absolute atomic E-state index is 0. The Bertz CT molecular complexity index is 87.8. The molecule has 0 aliphatic rings. The molecule has 0 amide bonds. The highest BCUT2D eigenvalue weighted by Crippen LogP contribution is 2.25. The minimum Gasteiger partial charge on any atom is -0.344 e. The molecule has 10 nitrogen and oxygen atoms in total. The number of rotatable bonds is 0. The van der Waals surface area contributed by atoms with Crippen LogP contribution in [0.5, 0.6) is 0 Å². The van der Waals surface area contributed by atoms with Crippen molar-refractivity contribution in [1.82, 2.24) is 18.5 Å². The first-order chi connectivity index (χ1) is 3.73. The maximum atomic E-state index is 8.88. The molecule has 12 heavy (non-hydrogen) atoms. The Balaban J connectivity index is -0.0000000221. The lowest BCUT2D eigenvalue weighted by Crippen LogP contribution is -1.66. The molecule has 0 heterocycles. The van der Waals surface area contributed by atoms with Crippen molar-refractivity contribution >= 4 is 16.4 Å². The molecule has 82 valence electrons. The molecule has 0 saturated heterocycles. The second-order valence-corrected chi connectivity index (χ2v) is 2.34. The highest BCUT2D eigenvalue weighted by Gasteiger charge is 2.00. The summed E-state index contributed by atoms with van der Waals surface area (Å²) in [5, 5.41) is 0. The van der Waals surface area contributed by atoms with E-state index in [0.717, 1.165) is 0 Å². The fourth-order valence-electron chi connectivity index (χ4n) is 0. The van der Waals surface area contributed by atoms with E-state index in [4.69, 9.17) is 33.9 Å². The predicted molar refractivity (Wildman–Crippen MR) is 42.9 cm³/mol. The summed E-state index contributed by atoms with van der Waals surface area (Å²) in [6, 6.07) is 0. The van der Waals surface area contributed by atoms with Crippen molar-refractivity contribution in [3.8, 4) is 0 Å². The first-order valence-electron chi connectivity index (χ1n) is 1.38. The molecule has 0 saturated carbocycles. The van der Waals surface area contributed by atoms with Gasteiger partial charge in [0, 0.05) is 0 Å². The van der Waals surface area contributed by atoms with Crippen LogP contribution in [-0.2, 0) is 4.57 Å². The Morgan fingerprint density at radius 2 is 0.833 bits per heavy atom. The van der Waals surface area contributed by atoms with Gasteiger partial charge in [0.1, 0.15) is 0 Å². The summed E-state index contributed by atoms with van der Waals surface area (Å²) < 4.78 is 8.88. The lowest BCUT2D eigenvalue weighted by molar-refractivity contribution is 0.275. The van der Waals surface area contributed by atoms with E-state index in [1.54, 1.807) is 0 Å². The summed E-state index contributed by atoms with van der Waals surface area (Å²) in [6.07, 6.45) is 0. The summed E-state index contributed by atoms with van der Waals surface area (Å²) in [5.41, 5.74) is 0. The molecule has 0 rings (SSSR count). The molecule has 12 heteroatoms. The van der Waals surface area contributed by atoms with E-state index >= 15 is 0 Å². The maximum Gasteiger partial charge on any atom is 0.466 e. The van der Waals surface area contributed by atoms with Gasteiger partial charge in [-0.05, 0) is 0 Å². The van der Waals surface area contributed by atoms with E-state index < -0.39 is 16.4 Å². The van der Waals surface area contributed by atoms with E-state index in [-0.39, 0.29) is 18.5 Å². The molecule has 0 radical (unpaired) electrons. The van der Waals surface area contributed by atoms with Gasteiger partial charge >= 0.3 is 16.4 Å². The summed E-state index contributed by atoms with van der Waals surface area (Å²) in [7, 11) is -7.26. The Labute approximate surface area is 69.9 Å². The standard InChI is InChI=1S/3H3N.H3O4P.H3O3P/c;;;1-5(2,3)4;1-4(2)3/h3*1H3;(H3,1,2,3,4);1-3H. The summed E-state index contributed by atoms with van der Waals surface area (Å²) in [6.45, 7) is 0. The maximum absolute atomic E-state index is 8.88. The molecule has 0 spiro atoms. The quantitative estimate of drug-likeness (QED) is 0.224. The first kappa shape index (κ1) is 29.5. The van der Waals surface area contributed by atoms with Crippen molar-refractivity contribution in [2.24, 2.45) is 0 Å². The van der Waals surface area contributed by atoms with Crippen molar-refractivity contribution in [2.45, 2.75) is 0 Å². The van der Waals surface area contributed by atoms with Gasteiger partial charge < -0.3 is 47.8 Å². The zero-order chi connectivity index (χ0) is 8.08. The fraction of sp³-hybridized carbons (Fsp3) is 0. The van der Waals surface area contributed by atoms with Crippen LogP contribution >= 0.6 is 16.4 Å². The van der Waals surface area contributed by atoms with Gasteiger partial charge in [0.15, 0.2) is 0 Å². The first-order valence-corrected chi connectivity index (χ1v) is 4.15. The van der Waals surface area contributed by atoms with E-state index in [0.29, 0.717) is 0 Å². The van der Waals surface area contributed by atoms with Gasteiger partial charge in [0.05, 0.1) is 0 Å². The Kier molecular flexibility index (Phi) is 34.0. The van der Waals surface area contributed by atoms with E-state index in [2.05, 4.69) is 0 Å². The Morgan fingerprint density at radius 1 is 0.833 bits per heavy atom. The number of hydrogen-bond donors (Lipinski definition) is 9. The zero-order valence-corrected chi connectivity index (χ0v) is 7.90. The highest BCUT2D eigenvalue weighted by molar-refractivity contribution is 7.45. The molecule has 0 atom stereocenters. The molecule has 15 N–H and O–H groups in total. The van der Waals surface area contributed by atoms with E-state index in [9.17, 15) is 0 Å². The minimum atomic E-state index is -4.64. The van der Waals surface area contributed by atoms with Gasteiger partial charge in [0.2, 0.25) is 0 Å². The molecular formula is H15N3O7P2. The molecule has 0 unspecified atom stereocenters. The molecule has 0 bridgehead atoms. The van der Waals surface area contributed by atoms with E-state index in [1.165, 1.54) is 0 Å². The van der Waals surface area contributed by atoms with Gasteiger partial charge in [-0.15, -0.1) is 0 Å². The Hall–Kier alpha value is 0.300. The van der Waals surface area contributed by atoms with Gasteiger partial charge in [-0.1, -0.05) is 0 Å². The van der Waals surface area contributed by atoms with Crippen LogP contribution in [0.1, 0.15) is 0 Å². The molecule has 0 aromatic rings. The smallest absolute Gasteiger partial charge is 0.344 e. The largest absolute Gasteiger partial charge is 0.466 e. The summed E-state index contributed by atoms with van der Waals surface area (Å²) >= 11 is 0. The number of hydrogen-bond acceptors (Lipinski definition) is 7. The van der Waals surface area contributed by atoms with Crippen LogP contribution in [0.2, 0.25) is 0 Å².